The lowest BCUT2D eigenvalue weighted by Crippen LogP contribution is -2.50. The van der Waals surface area contributed by atoms with E-state index in [1.54, 1.807) is 46.2 Å². The van der Waals surface area contributed by atoms with Gasteiger partial charge in [0.05, 0.1) is 33.5 Å². The molecule has 0 spiro atoms. The fourth-order valence-corrected chi connectivity index (χ4v) is 8.20. The Morgan fingerprint density at radius 2 is 1.19 bits per heavy atom. The number of hydrogen-bond donors (Lipinski definition) is 2. The Morgan fingerprint density at radius 3 is 1.63 bits per heavy atom. The van der Waals surface area contributed by atoms with Gasteiger partial charge in [0.1, 0.15) is 19.7 Å². The summed E-state index contributed by atoms with van der Waals surface area (Å²) in [4.78, 5) is 79.8. The number of piperazine rings is 2. The van der Waals surface area contributed by atoms with E-state index in [1.807, 2.05) is 0 Å². The van der Waals surface area contributed by atoms with Gasteiger partial charge in [0, 0.05) is 89.0 Å². The summed E-state index contributed by atoms with van der Waals surface area (Å²) < 4.78 is 9.76. The van der Waals surface area contributed by atoms with Crippen molar-refractivity contribution in [3.8, 4) is 0 Å². The molecule has 19 heteroatoms. The number of hydrogen-bond acceptors (Lipinski definition) is 12. The van der Waals surface area contributed by atoms with E-state index in [1.165, 1.54) is 16.2 Å². The smallest absolute Gasteiger partial charge is 0.308 e. The maximum atomic E-state index is 12.7. The van der Waals surface area contributed by atoms with Crippen LogP contribution in [0.1, 0.15) is 12.8 Å². The molecule has 0 radical (unpaired) electrons. The molecule has 2 saturated heterocycles. The number of fused-ring (bicyclic) bond motifs is 2. The van der Waals surface area contributed by atoms with Crippen LogP contribution in [-0.2, 0) is 37.0 Å². The van der Waals surface area contributed by atoms with Crippen LogP contribution in [0.2, 0.25) is 10.0 Å². The summed E-state index contributed by atoms with van der Waals surface area (Å²) in [6.07, 6.45) is 0.175. The van der Waals surface area contributed by atoms with Gasteiger partial charge in [-0.2, -0.15) is 0 Å². The molecule has 6 rings (SSSR count). The number of aromatic nitrogens is 2. The van der Waals surface area contributed by atoms with Gasteiger partial charge < -0.3 is 25.0 Å². The first-order chi connectivity index (χ1) is 25.9. The number of thiazole rings is 2. The molecule has 4 heterocycles. The number of β-amino-alcohol motifs (C(OH)–C–C–N with tert-alkyl or cyclic N) is 1. The third-order valence-electron chi connectivity index (χ3n) is 9.22. The number of aliphatic hydroxyl groups excluding tert-OH is 1. The van der Waals surface area contributed by atoms with Gasteiger partial charge >= 0.3 is 15.7 Å². The summed E-state index contributed by atoms with van der Waals surface area (Å²) >= 11 is 14.3. The van der Waals surface area contributed by atoms with Crippen LogP contribution in [0.3, 0.4) is 0 Å². The second-order valence-electron chi connectivity index (χ2n) is 12.7. The van der Waals surface area contributed by atoms with Crippen LogP contribution in [0.15, 0.2) is 46.0 Å². The number of ether oxygens (including phenoxy) is 1. The van der Waals surface area contributed by atoms with Crippen LogP contribution in [0.25, 0.3) is 20.4 Å². The van der Waals surface area contributed by atoms with Crippen LogP contribution in [0.5, 0.6) is 0 Å². The predicted molar refractivity (Wildman–Crippen MR) is 210 cm³/mol. The summed E-state index contributed by atoms with van der Waals surface area (Å²) in [6.45, 7) is 6.75. The normalized spacial score (nSPS) is 15.3. The number of amides is 3. The van der Waals surface area contributed by atoms with Gasteiger partial charge in [0.25, 0.3) is 0 Å². The highest BCUT2D eigenvalue weighted by Gasteiger charge is 2.24. The summed E-state index contributed by atoms with van der Waals surface area (Å²) in [7, 11) is 1.52. The van der Waals surface area contributed by atoms with Crippen molar-refractivity contribution in [2.24, 2.45) is 0 Å². The van der Waals surface area contributed by atoms with E-state index in [2.05, 4.69) is 15.1 Å². The predicted octanol–water partition coefficient (Wildman–Crippen LogP) is 1.78. The number of nitrogens with one attached hydrogen (secondary N) is 1. The van der Waals surface area contributed by atoms with Crippen molar-refractivity contribution >= 4 is 90.0 Å². The molecule has 2 aliphatic heterocycles. The molecule has 292 valence electrons. The Bertz CT molecular complexity index is 2070. The Kier molecular flexibility index (Phi) is 15.0. The average molecular weight is 825 g/mol. The lowest BCUT2D eigenvalue weighted by atomic mass is 10.3. The number of nitrogens with zero attached hydrogens (tertiary/aromatic N) is 6. The number of carbonyl (C=O) groups excluding carboxylic acids is 4. The molecule has 0 atom stereocenters. The number of carbonyl (C=O) groups is 4. The van der Waals surface area contributed by atoms with Crippen LogP contribution in [0.4, 0.5) is 0 Å². The van der Waals surface area contributed by atoms with Crippen molar-refractivity contribution in [1.29, 1.82) is 0 Å². The van der Waals surface area contributed by atoms with E-state index < -0.39 is 5.97 Å². The van der Waals surface area contributed by atoms with Crippen molar-refractivity contribution in [1.82, 2.24) is 34.1 Å². The van der Waals surface area contributed by atoms with Gasteiger partial charge in [0.2, 0.25) is 17.7 Å². The molecular formula is C35H43Cl2N7O8S2. The number of halogens is 2. The van der Waals surface area contributed by atoms with Crippen molar-refractivity contribution in [3.05, 3.63) is 65.8 Å². The zero-order chi connectivity index (χ0) is 38.8. The lowest BCUT2D eigenvalue weighted by Gasteiger charge is -2.34. The lowest BCUT2D eigenvalue weighted by molar-refractivity contribution is -0.145. The largest absolute Gasteiger partial charge is 0.464 e. The molecule has 2 aromatic carbocycles. The molecule has 4 aromatic rings. The Labute approximate surface area is 329 Å². The minimum atomic E-state index is -0.397. The van der Waals surface area contributed by atoms with Gasteiger partial charge in [-0.1, -0.05) is 45.9 Å². The maximum absolute atomic E-state index is 12.7. The van der Waals surface area contributed by atoms with E-state index in [9.17, 15) is 28.8 Å². The zero-order valence-corrected chi connectivity index (χ0v) is 33.0. The minimum Gasteiger partial charge on any atom is -0.464 e. The van der Waals surface area contributed by atoms with Gasteiger partial charge in [-0.15, -0.1) is 0 Å². The maximum Gasteiger partial charge on any atom is 0.308 e. The SMILES string of the molecule is CNC(=O)CCC(=O)OCCN1CCN(C(=O)Cn2c(=O)sc3ccc(Cl)cc32)CC1.O=C(Cn1c(=O)sc2ccc(Cl)cc21)N1CCN(CCO)CC1. The van der Waals surface area contributed by atoms with Crippen LogP contribution in [-0.4, -0.2) is 143 Å². The highest BCUT2D eigenvalue weighted by atomic mass is 35.5. The molecule has 0 saturated carbocycles. The van der Waals surface area contributed by atoms with Crippen molar-refractivity contribution in [2.75, 3.05) is 85.7 Å². The van der Waals surface area contributed by atoms with Gasteiger partial charge in [-0.25, -0.2) is 0 Å². The topological polar surface area (TPSA) is 167 Å². The van der Waals surface area contributed by atoms with Crippen LogP contribution in [0, 0.1) is 0 Å². The van der Waals surface area contributed by atoms with Crippen LogP contribution < -0.4 is 15.1 Å². The molecular weight excluding hydrogens is 781 g/mol. The first-order valence-electron chi connectivity index (χ1n) is 17.5. The van der Waals surface area contributed by atoms with E-state index >= 15 is 0 Å². The minimum absolute atomic E-state index is 0.0118. The van der Waals surface area contributed by atoms with Gasteiger partial charge in [-0.05, 0) is 36.4 Å². The second kappa shape index (κ2) is 19.7. The monoisotopic (exact) mass is 823 g/mol. The van der Waals surface area contributed by atoms with Crippen molar-refractivity contribution < 1.29 is 29.0 Å². The number of aliphatic hydroxyl groups is 1. The molecule has 2 fully saturated rings. The molecule has 54 heavy (non-hydrogen) atoms. The molecule has 15 nitrogen and oxygen atoms in total. The van der Waals surface area contributed by atoms with Gasteiger partial charge in [0.15, 0.2) is 0 Å². The fourth-order valence-electron chi connectivity index (χ4n) is 6.13. The number of benzene rings is 2. The molecule has 3 amide bonds. The molecule has 2 aromatic heterocycles. The fraction of sp³-hybridized carbons (Fsp3) is 0.486. The van der Waals surface area contributed by atoms with Crippen LogP contribution >= 0.6 is 45.9 Å². The highest BCUT2D eigenvalue weighted by Crippen LogP contribution is 2.23. The zero-order valence-electron chi connectivity index (χ0n) is 29.8. The quantitative estimate of drug-likeness (QED) is 0.201. The Hall–Kier alpha value is -3.84. The highest BCUT2D eigenvalue weighted by molar-refractivity contribution is 7.16. The number of esters is 1. The standard InChI is InChI=1S/C20H25ClN4O5S.C15H18ClN3O3S/c1-22-17(26)4-5-19(28)30-11-10-23-6-8-24(9-7-23)18(27)13-25-15-12-14(21)2-3-16(15)31-20(25)29;16-11-1-2-13-12(9-11)19(15(22)23-13)10-14(21)18-5-3-17(4-6-18)7-8-20/h2-3,12H,4-11,13H2,1H3,(H,22,26);1-2,9,20H,3-8,10H2. The summed E-state index contributed by atoms with van der Waals surface area (Å²) in [5.41, 5.74) is 1.38. The molecule has 0 unspecified atom stereocenters. The first kappa shape index (κ1) is 41.3. The van der Waals surface area contributed by atoms with E-state index in [4.69, 9.17) is 33.0 Å². The molecule has 2 aliphatic rings. The second-order valence-corrected chi connectivity index (χ2v) is 15.6. The summed E-state index contributed by atoms with van der Waals surface area (Å²) in [5, 5.41) is 12.5. The van der Waals surface area contributed by atoms with E-state index in [0.29, 0.717) is 73.4 Å². The van der Waals surface area contributed by atoms with E-state index in [0.717, 1.165) is 45.2 Å². The average Bonchev–Trinajstić information content (AvgIpc) is 3.64. The Morgan fingerprint density at radius 1 is 0.722 bits per heavy atom. The summed E-state index contributed by atoms with van der Waals surface area (Å²) in [6, 6.07) is 10.5. The molecule has 0 aliphatic carbocycles. The van der Waals surface area contributed by atoms with Crippen molar-refractivity contribution in [3.63, 3.8) is 0 Å². The van der Waals surface area contributed by atoms with E-state index in [-0.39, 0.29) is 66.6 Å². The summed E-state index contributed by atoms with van der Waals surface area (Å²) in [5.74, 6) is -0.762. The Balaban J connectivity index is 0.000000217. The third kappa shape index (κ3) is 11.1. The van der Waals surface area contributed by atoms with Gasteiger partial charge in [-0.3, -0.25) is 47.7 Å². The molecule has 0 bridgehead atoms. The van der Waals surface area contributed by atoms with Crippen molar-refractivity contribution in [2.45, 2.75) is 25.9 Å². The molecule has 2 N–H and O–H groups in total. The number of rotatable bonds is 12. The first-order valence-corrected chi connectivity index (χ1v) is 19.9. The third-order valence-corrected chi connectivity index (χ3v) is 11.6.